The number of Topliss-reactive ketones (excluding diaryl/α,β-unsaturated/α-hetero) is 1. The van der Waals surface area contributed by atoms with Crippen molar-refractivity contribution in [1.82, 2.24) is 0 Å². The average Bonchev–Trinajstić information content (AvgIpc) is 3.77. The van der Waals surface area contributed by atoms with Crippen LogP contribution in [-0.2, 0) is 34.1 Å². The zero-order chi connectivity index (χ0) is 24.8. The van der Waals surface area contributed by atoms with E-state index in [2.05, 4.69) is 24.3 Å². The van der Waals surface area contributed by atoms with Crippen molar-refractivity contribution < 1.29 is 38.9 Å². The number of hydrogen-bond donors (Lipinski definition) is 0. The summed E-state index contributed by atoms with van der Waals surface area (Å²) in [6.07, 6.45) is 0. The molecule has 190 valence electrons. The number of benzene rings is 2. The second-order valence-electron chi connectivity index (χ2n) is 8.08. The van der Waals surface area contributed by atoms with Gasteiger partial charge in [0.05, 0.1) is 5.78 Å². The number of hydrogen-bond acceptors (Lipinski definition) is 1. The molecule has 0 unspecified atom stereocenters. The molecular weight excluding hydrogens is 548 g/mol. The number of carbonyl (C=O) groups is 1. The number of rotatable bonds is 5. The summed E-state index contributed by atoms with van der Waals surface area (Å²) >= 11 is 0. The SMILES string of the molecule is O=C(C(=C(c1ccccc1)[c-]1cccc1)[c-]1cccc1)c1ccccc1.[Fe+2].[Fe+2].c1cc[cH-]c1.c1cc[cH-]c1. The third-order valence-corrected chi connectivity index (χ3v) is 5.59. The minimum atomic E-state index is 0. The number of carbonyl (C=O) groups excluding carboxylic acids is 1. The molecular formula is C35H28Fe2O. The Bertz CT molecular complexity index is 1330. The molecule has 1 nitrogen and oxygen atoms in total. The first kappa shape index (κ1) is 30.5. The van der Waals surface area contributed by atoms with Gasteiger partial charge in [-0.25, -0.2) is 24.3 Å². The largest absolute Gasteiger partial charge is 2.00 e. The van der Waals surface area contributed by atoms with Gasteiger partial charge >= 0.3 is 34.1 Å². The van der Waals surface area contributed by atoms with Crippen LogP contribution in [0.25, 0.3) is 11.1 Å². The molecule has 0 saturated heterocycles. The molecule has 0 bridgehead atoms. The number of ketones is 1. The van der Waals surface area contributed by atoms with Gasteiger partial charge in [0.25, 0.3) is 0 Å². The molecule has 6 aromatic rings. The monoisotopic (exact) mass is 576 g/mol. The molecule has 0 radical (unpaired) electrons. The summed E-state index contributed by atoms with van der Waals surface area (Å²) in [7, 11) is 0. The molecule has 0 saturated carbocycles. The Labute approximate surface area is 246 Å². The van der Waals surface area contributed by atoms with E-state index in [0.29, 0.717) is 5.56 Å². The van der Waals surface area contributed by atoms with Crippen molar-refractivity contribution in [2.45, 2.75) is 0 Å². The fourth-order valence-corrected chi connectivity index (χ4v) is 3.91. The topological polar surface area (TPSA) is 17.1 Å². The van der Waals surface area contributed by atoms with Gasteiger partial charge in [0.15, 0.2) is 0 Å². The first-order valence-electron chi connectivity index (χ1n) is 12.0. The van der Waals surface area contributed by atoms with Gasteiger partial charge < -0.3 is 4.79 Å². The van der Waals surface area contributed by atoms with Gasteiger partial charge in [-0.1, -0.05) is 60.7 Å². The third-order valence-electron chi connectivity index (χ3n) is 5.59. The third kappa shape index (κ3) is 8.70. The van der Waals surface area contributed by atoms with Gasteiger partial charge in [-0.15, -0.1) is 46.5 Å². The van der Waals surface area contributed by atoms with Gasteiger partial charge in [-0.2, -0.15) is 66.2 Å². The van der Waals surface area contributed by atoms with Crippen molar-refractivity contribution in [3.8, 4) is 0 Å². The number of allylic oxidation sites excluding steroid dienone is 1. The maximum Gasteiger partial charge on any atom is 2.00 e. The second kappa shape index (κ2) is 16.9. The van der Waals surface area contributed by atoms with Crippen molar-refractivity contribution in [1.29, 1.82) is 0 Å². The molecule has 6 aromatic carbocycles. The van der Waals surface area contributed by atoms with Crippen LogP contribution in [0.2, 0.25) is 0 Å². The van der Waals surface area contributed by atoms with Crippen molar-refractivity contribution in [2.24, 2.45) is 0 Å². The van der Waals surface area contributed by atoms with E-state index in [4.69, 9.17) is 0 Å². The first-order chi connectivity index (χ1) is 17.8. The van der Waals surface area contributed by atoms with Gasteiger partial charge in [-0.3, -0.25) is 0 Å². The molecule has 0 amide bonds. The molecule has 0 fully saturated rings. The maximum atomic E-state index is 13.5. The minimum absolute atomic E-state index is 0. The standard InChI is InChI=1S/C25H18O.2C5H5.2Fe/c26-25(22-17-5-2-6-18-22)24(21-15-9-10-16-21)23(20-13-7-8-14-20)19-11-3-1-4-12-19;2*1-2-4-5-3-1;;/h1-18H;2*1-5H;;/q-2;2*-1;2*+2. The van der Waals surface area contributed by atoms with Crippen LogP contribution in [0.5, 0.6) is 0 Å². The first-order valence-corrected chi connectivity index (χ1v) is 12.0. The van der Waals surface area contributed by atoms with E-state index >= 15 is 0 Å². The molecule has 3 heteroatoms. The Hall–Kier alpha value is -3.71. The second-order valence-corrected chi connectivity index (χ2v) is 8.08. The molecule has 0 aliphatic carbocycles. The fraction of sp³-hybridized carbons (Fsp3) is 0. The molecule has 0 aliphatic heterocycles. The van der Waals surface area contributed by atoms with Crippen molar-refractivity contribution in [3.63, 3.8) is 0 Å². The summed E-state index contributed by atoms with van der Waals surface area (Å²) in [6.45, 7) is 0. The van der Waals surface area contributed by atoms with E-state index in [1.54, 1.807) is 0 Å². The summed E-state index contributed by atoms with van der Waals surface area (Å²) in [5.74, 6) is 0.0388. The molecule has 6 rings (SSSR count). The van der Waals surface area contributed by atoms with Gasteiger partial charge in [0.1, 0.15) is 0 Å². The van der Waals surface area contributed by atoms with Crippen LogP contribution in [0.3, 0.4) is 0 Å². The van der Waals surface area contributed by atoms with Crippen LogP contribution in [0, 0.1) is 0 Å². The van der Waals surface area contributed by atoms with Crippen LogP contribution in [0.4, 0.5) is 0 Å². The molecule has 0 aromatic heterocycles. The van der Waals surface area contributed by atoms with E-state index < -0.39 is 0 Å². The van der Waals surface area contributed by atoms with Crippen LogP contribution < -0.4 is 0 Å². The van der Waals surface area contributed by atoms with Crippen LogP contribution in [-0.4, -0.2) is 5.78 Å². The maximum absolute atomic E-state index is 13.5. The van der Waals surface area contributed by atoms with Crippen molar-refractivity contribution in [3.05, 3.63) is 192 Å². The molecule has 0 N–H and O–H groups in total. The van der Waals surface area contributed by atoms with Crippen LogP contribution in [0.15, 0.2) is 170 Å². The smallest absolute Gasteiger partial charge is 0.344 e. The van der Waals surface area contributed by atoms with E-state index in [0.717, 1.165) is 27.8 Å². The van der Waals surface area contributed by atoms with Crippen LogP contribution >= 0.6 is 0 Å². The normalized spacial score (nSPS) is 10.2. The summed E-state index contributed by atoms with van der Waals surface area (Å²) in [5, 5.41) is 0. The average molecular weight is 576 g/mol. The zero-order valence-electron chi connectivity index (χ0n) is 20.8. The Morgan fingerprint density at radius 3 is 1.26 bits per heavy atom. The molecule has 0 atom stereocenters. The van der Waals surface area contributed by atoms with Crippen molar-refractivity contribution in [2.75, 3.05) is 0 Å². The Morgan fingerprint density at radius 2 is 0.868 bits per heavy atom. The summed E-state index contributed by atoms with van der Waals surface area (Å²) in [6, 6.07) is 55.7. The summed E-state index contributed by atoms with van der Waals surface area (Å²) in [4.78, 5) is 13.5. The Kier molecular flexibility index (Phi) is 13.6. The molecule has 38 heavy (non-hydrogen) atoms. The predicted molar refractivity (Wildman–Crippen MR) is 151 cm³/mol. The van der Waals surface area contributed by atoms with E-state index in [-0.39, 0.29) is 39.9 Å². The van der Waals surface area contributed by atoms with E-state index in [9.17, 15) is 4.79 Å². The van der Waals surface area contributed by atoms with E-state index in [1.807, 2.05) is 146 Å². The molecule has 0 spiro atoms. The van der Waals surface area contributed by atoms with Crippen molar-refractivity contribution >= 4 is 16.9 Å². The predicted octanol–water partition coefficient (Wildman–Crippen LogP) is 8.77. The molecule has 0 heterocycles. The minimum Gasteiger partial charge on any atom is -0.344 e. The Morgan fingerprint density at radius 1 is 0.474 bits per heavy atom. The quantitative estimate of drug-likeness (QED) is 0.0868. The Balaban J connectivity index is 0.000000354. The summed E-state index contributed by atoms with van der Waals surface area (Å²) < 4.78 is 0. The van der Waals surface area contributed by atoms with Gasteiger partial charge in [0, 0.05) is 0 Å². The molecule has 0 aliphatic rings. The van der Waals surface area contributed by atoms with Gasteiger partial charge in [-0.05, 0) is 5.56 Å². The summed E-state index contributed by atoms with van der Waals surface area (Å²) in [5.41, 5.74) is 5.44. The fourth-order valence-electron chi connectivity index (χ4n) is 3.91. The zero-order valence-corrected chi connectivity index (χ0v) is 23.0. The van der Waals surface area contributed by atoms with Gasteiger partial charge in [0.2, 0.25) is 0 Å². The van der Waals surface area contributed by atoms with Crippen LogP contribution in [0.1, 0.15) is 27.0 Å². The van der Waals surface area contributed by atoms with E-state index in [1.165, 1.54) is 0 Å².